The van der Waals surface area contributed by atoms with E-state index in [0.29, 0.717) is 5.92 Å². The topological polar surface area (TPSA) is 46.6 Å². The zero-order chi connectivity index (χ0) is 16.0. The van der Waals surface area contributed by atoms with Crippen molar-refractivity contribution in [1.29, 1.82) is 0 Å². The maximum atomic E-state index is 13.2. The van der Waals surface area contributed by atoms with Gasteiger partial charge >= 0.3 is 5.97 Å². The van der Waals surface area contributed by atoms with Crippen LogP contribution in [0.25, 0.3) is 0 Å². The largest absolute Gasteiger partial charge is 0.467 e. The number of likely N-dealkylation sites (tertiary alicyclic amines) is 1. The molecule has 0 spiro atoms. The molecule has 0 N–H and O–H groups in total. The van der Waals surface area contributed by atoms with Crippen LogP contribution in [0.15, 0.2) is 6.07 Å². The van der Waals surface area contributed by atoms with Crippen LogP contribution in [0.5, 0.6) is 0 Å². The summed E-state index contributed by atoms with van der Waals surface area (Å²) in [6.45, 7) is 0. The molecule has 1 aliphatic heterocycles. The van der Waals surface area contributed by atoms with Gasteiger partial charge in [-0.3, -0.25) is 4.79 Å². The van der Waals surface area contributed by atoms with Gasteiger partial charge in [0, 0.05) is 10.9 Å². The van der Waals surface area contributed by atoms with Gasteiger partial charge in [-0.25, -0.2) is 4.79 Å². The third-order valence-corrected chi connectivity index (χ3v) is 6.98. The Labute approximate surface area is 140 Å². The van der Waals surface area contributed by atoms with Crippen molar-refractivity contribution < 1.29 is 14.3 Å². The van der Waals surface area contributed by atoms with Gasteiger partial charge in [0.25, 0.3) is 5.91 Å². The summed E-state index contributed by atoms with van der Waals surface area (Å²) in [5.41, 5.74) is 1.34. The van der Waals surface area contributed by atoms with Crippen molar-refractivity contribution >= 4 is 23.2 Å². The summed E-state index contributed by atoms with van der Waals surface area (Å²) >= 11 is 1.63. The van der Waals surface area contributed by atoms with Crippen molar-refractivity contribution in [3.05, 3.63) is 21.4 Å². The molecule has 2 fully saturated rings. The minimum absolute atomic E-state index is 0.0502. The van der Waals surface area contributed by atoms with E-state index in [0.717, 1.165) is 43.4 Å². The lowest BCUT2D eigenvalue weighted by molar-refractivity contribution is -0.145. The van der Waals surface area contributed by atoms with E-state index in [9.17, 15) is 9.59 Å². The van der Waals surface area contributed by atoms with Crippen LogP contribution < -0.4 is 0 Å². The first kappa shape index (κ1) is 15.2. The van der Waals surface area contributed by atoms with Crippen molar-refractivity contribution in [2.75, 3.05) is 7.11 Å². The highest BCUT2D eigenvalue weighted by atomic mass is 32.1. The van der Waals surface area contributed by atoms with E-state index in [-0.39, 0.29) is 17.9 Å². The van der Waals surface area contributed by atoms with Crippen LogP contribution in [-0.4, -0.2) is 36.0 Å². The van der Waals surface area contributed by atoms with Gasteiger partial charge in [-0.1, -0.05) is 12.8 Å². The Morgan fingerprint density at radius 1 is 1.22 bits per heavy atom. The van der Waals surface area contributed by atoms with E-state index >= 15 is 0 Å². The van der Waals surface area contributed by atoms with Crippen LogP contribution in [0.1, 0.15) is 58.6 Å². The van der Waals surface area contributed by atoms with Gasteiger partial charge in [-0.15, -0.1) is 11.3 Å². The van der Waals surface area contributed by atoms with Gasteiger partial charge in [-0.05, 0) is 56.1 Å². The first-order chi connectivity index (χ1) is 11.2. The molecule has 2 heterocycles. The van der Waals surface area contributed by atoms with Crippen molar-refractivity contribution in [2.45, 2.75) is 63.5 Å². The predicted octanol–water partition coefficient (Wildman–Crippen LogP) is 3.18. The Morgan fingerprint density at radius 3 is 2.83 bits per heavy atom. The highest BCUT2D eigenvalue weighted by Crippen LogP contribution is 2.42. The molecule has 0 unspecified atom stereocenters. The third-order valence-electron chi connectivity index (χ3n) is 5.75. The molecule has 2 aliphatic carbocycles. The number of rotatable bonds is 2. The molecule has 0 aromatic carbocycles. The highest BCUT2D eigenvalue weighted by molar-refractivity contribution is 7.14. The Kier molecular flexibility index (Phi) is 3.92. The number of aryl methyl sites for hydroxylation is 2. The summed E-state index contributed by atoms with van der Waals surface area (Å²) in [7, 11) is 1.42. The van der Waals surface area contributed by atoms with Gasteiger partial charge in [0.1, 0.15) is 6.04 Å². The smallest absolute Gasteiger partial charge is 0.328 e. The second-order valence-electron chi connectivity index (χ2n) is 7.01. The van der Waals surface area contributed by atoms with Crippen LogP contribution in [0.4, 0.5) is 0 Å². The number of amides is 1. The zero-order valence-electron chi connectivity index (χ0n) is 13.5. The van der Waals surface area contributed by atoms with Crippen LogP contribution >= 0.6 is 11.3 Å². The summed E-state index contributed by atoms with van der Waals surface area (Å²) in [6.07, 6.45) is 8.68. The van der Waals surface area contributed by atoms with Gasteiger partial charge in [0.15, 0.2) is 0 Å². The van der Waals surface area contributed by atoms with Gasteiger partial charge < -0.3 is 9.64 Å². The molecule has 1 amide bonds. The molecular formula is C18H23NO3S. The van der Waals surface area contributed by atoms with Crippen molar-refractivity contribution in [2.24, 2.45) is 5.92 Å². The fourth-order valence-corrected chi connectivity index (χ4v) is 5.86. The van der Waals surface area contributed by atoms with E-state index < -0.39 is 6.04 Å². The molecule has 23 heavy (non-hydrogen) atoms. The monoisotopic (exact) mass is 333 g/mol. The van der Waals surface area contributed by atoms with Gasteiger partial charge in [0.2, 0.25) is 0 Å². The minimum Gasteiger partial charge on any atom is -0.467 e. The molecule has 5 heteroatoms. The van der Waals surface area contributed by atoms with Crippen molar-refractivity contribution in [1.82, 2.24) is 4.90 Å². The summed E-state index contributed by atoms with van der Waals surface area (Å²) < 4.78 is 4.99. The number of fused-ring (bicyclic) bond motifs is 2. The number of nitrogens with zero attached hydrogens (tertiary/aromatic N) is 1. The SMILES string of the molecule is COC(=O)[C@@H]1C[C@H]2CCCC[C@H]2N1C(=O)c1cc2c(s1)CCC2. The lowest BCUT2D eigenvalue weighted by Gasteiger charge is -2.33. The van der Waals surface area contributed by atoms with Crippen molar-refractivity contribution in [3.8, 4) is 0 Å². The number of hydrogen-bond donors (Lipinski definition) is 0. The summed E-state index contributed by atoms with van der Waals surface area (Å²) in [5.74, 6) is 0.259. The van der Waals surface area contributed by atoms with Crippen LogP contribution in [-0.2, 0) is 22.4 Å². The molecule has 4 nitrogen and oxygen atoms in total. The fraction of sp³-hybridized carbons (Fsp3) is 0.667. The number of ether oxygens (including phenoxy) is 1. The number of hydrogen-bond acceptors (Lipinski definition) is 4. The normalized spacial score (nSPS) is 29.3. The Balaban J connectivity index is 1.64. The number of methoxy groups -OCH3 is 1. The Morgan fingerprint density at radius 2 is 2.04 bits per heavy atom. The number of esters is 1. The molecular weight excluding hydrogens is 310 g/mol. The highest BCUT2D eigenvalue weighted by Gasteiger charge is 2.48. The summed E-state index contributed by atoms with van der Waals surface area (Å²) in [5, 5.41) is 0. The van der Waals surface area contributed by atoms with Gasteiger partial charge in [-0.2, -0.15) is 0 Å². The maximum absolute atomic E-state index is 13.2. The molecule has 1 saturated heterocycles. The van der Waals surface area contributed by atoms with E-state index in [1.807, 2.05) is 4.90 Å². The molecule has 1 aromatic heterocycles. The van der Waals surface area contributed by atoms with Gasteiger partial charge in [0.05, 0.1) is 12.0 Å². The van der Waals surface area contributed by atoms with E-state index in [1.165, 1.54) is 30.4 Å². The number of carbonyl (C=O) groups is 2. The molecule has 0 radical (unpaired) electrons. The fourth-order valence-electron chi connectivity index (χ4n) is 4.66. The molecule has 124 valence electrons. The standard InChI is InChI=1S/C18H23NO3S/c1-22-18(21)14-9-11-5-2-3-7-13(11)19(14)17(20)16-10-12-6-4-8-15(12)23-16/h10-11,13-14H,2-9H2,1H3/t11-,13-,14+/m1/s1. The molecule has 4 rings (SSSR count). The molecule has 3 atom stereocenters. The van der Waals surface area contributed by atoms with E-state index in [2.05, 4.69) is 6.07 Å². The second kappa shape index (κ2) is 5.93. The quantitative estimate of drug-likeness (QED) is 0.781. The lowest BCUT2D eigenvalue weighted by Crippen LogP contribution is -2.46. The Bertz CT molecular complexity index is 617. The number of carbonyl (C=O) groups excluding carboxylic acids is 2. The Hall–Kier alpha value is -1.36. The summed E-state index contributed by atoms with van der Waals surface area (Å²) in [6, 6.07) is 1.90. The van der Waals surface area contributed by atoms with E-state index in [4.69, 9.17) is 4.74 Å². The first-order valence-electron chi connectivity index (χ1n) is 8.71. The van der Waals surface area contributed by atoms with Crippen molar-refractivity contribution in [3.63, 3.8) is 0 Å². The second-order valence-corrected chi connectivity index (χ2v) is 8.15. The maximum Gasteiger partial charge on any atom is 0.328 e. The minimum atomic E-state index is -0.391. The van der Waals surface area contributed by atoms with Crippen LogP contribution in [0.3, 0.4) is 0 Å². The molecule has 1 aromatic rings. The average Bonchev–Trinajstić information content (AvgIpc) is 3.25. The molecule has 0 bridgehead atoms. The van der Waals surface area contributed by atoms with Crippen LogP contribution in [0, 0.1) is 5.92 Å². The van der Waals surface area contributed by atoms with Crippen LogP contribution in [0.2, 0.25) is 0 Å². The summed E-state index contributed by atoms with van der Waals surface area (Å²) in [4.78, 5) is 29.4. The lowest BCUT2D eigenvalue weighted by atomic mass is 9.84. The molecule has 1 saturated carbocycles. The average molecular weight is 333 g/mol. The first-order valence-corrected chi connectivity index (χ1v) is 9.52. The zero-order valence-corrected chi connectivity index (χ0v) is 14.4. The van der Waals surface area contributed by atoms with E-state index in [1.54, 1.807) is 11.3 Å². The predicted molar refractivity (Wildman–Crippen MR) is 88.7 cm³/mol. The number of thiophene rings is 1. The third kappa shape index (κ3) is 2.49. The molecule has 3 aliphatic rings.